The van der Waals surface area contributed by atoms with Gasteiger partial charge in [0, 0.05) is 38.1 Å². The monoisotopic (exact) mass is 375 g/mol. The van der Waals surface area contributed by atoms with E-state index in [2.05, 4.69) is 65.3 Å². The van der Waals surface area contributed by atoms with Crippen molar-refractivity contribution in [1.82, 2.24) is 15.2 Å². The van der Waals surface area contributed by atoms with Gasteiger partial charge >= 0.3 is 0 Å². The normalized spacial score (nSPS) is 16.2. The van der Waals surface area contributed by atoms with E-state index >= 15 is 0 Å². The second-order valence-electron chi connectivity index (χ2n) is 7.46. The summed E-state index contributed by atoms with van der Waals surface area (Å²) in [4.78, 5) is 13.9. The van der Waals surface area contributed by atoms with Gasteiger partial charge in [-0.1, -0.05) is 20.8 Å². The molecule has 0 spiro atoms. The van der Waals surface area contributed by atoms with Gasteiger partial charge in [-0.15, -0.1) is 11.3 Å². The van der Waals surface area contributed by atoms with Crippen molar-refractivity contribution in [3.63, 3.8) is 0 Å². The fourth-order valence-electron chi connectivity index (χ4n) is 2.89. The maximum Gasteiger partial charge on any atom is 0.216 e. The zero-order valence-electron chi connectivity index (χ0n) is 16.2. The highest BCUT2D eigenvalue weighted by Gasteiger charge is 2.21. The van der Waals surface area contributed by atoms with Gasteiger partial charge in [-0.2, -0.15) is 0 Å². The molecule has 0 unspecified atom stereocenters. The minimum absolute atomic E-state index is 0.0302. The molecule has 0 amide bonds. The third-order valence-electron chi connectivity index (χ3n) is 4.39. The number of nitrogens with one attached hydrogen (secondary N) is 1. The molecule has 1 aliphatic heterocycles. The van der Waals surface area contributed by atoms with Crippen molar-refractivity contribution >= 4 is 22.3 Å². The Hall–Kier alpha value is -2.02. The van der Waals surface area contributed by atoms with E-state index in [4.69, 9.17) is 9.41 Å². The first kappa shape index (κ1) is 18.8. The number of anilines is 1. The fourth-order valence-corrected chi connectivity index (χ4v) is 3.67. The number of nitrogens with zero attached hydrogens (tertiary/aromatic N) is 4. The number of thiophene rings is 1. The molecule has 26 heavy (non-hydrogen) atoms. The molecule has 0 bridgehead atoms. The summed E-state index contributed by atoms with van der Waals surface area (Å²) in [5.74, 6) is 2.51. The molecule has 1 aliphatic rings. The van der Waals surface area contributed by atoms with Gasteiger partial charge in [0.15, 0.2) is 5.96 Å². The molecule has 6 nitrogen and oxygen atoms in total. The van der Waals surface area contributed by atoms with Gasteiger partial charge in [-0.05, 0) is 24.4 Å². The molecule has 142 valence electrons. The summed E-state index contributed by atoms with van der Waals surface area (Å²) < 4.78 is 5.86. The summed E-state index contributed by atoms with van der Waals surface area (Å²) in [6.07, 6.45) is 1.82. The molecule has 0 saturated carbocycles. The van der Waals surface area contributed by atoms with E-state index in [1.54, 1.807) is 11.3 Å². The summed E-state index contributed by atoms with van der Waals surface area (Å²) in [6, 6.07) is 4.30. The van der Waals surface area contributed by atoms with Crippen LogP contribution in [0.25, 0.3) is 0 Å². The first-order valence-corrected chi connectivity index (χ1v) is 10.1. The zero-order chi connectivity index (χ0) is 18.6. The van der Waals surface area contributed by atoms with Crippen LogP contribution in [0.1, 0.15) is 39.3 Å². The molecule has 1 saturated heterocycles. The van der Waals surface area contributed by atoms with E-state index < -0.39 is 0 Å². The third kappa shape index (κ3) is 4.58. The van der Waals surface area contributed by atoms with E-state index in [0.29, 0.717) is 12.4 Å². The predicted octanol–water partition coefficient (Wildman–Crippen LogP) is 3.32. The molecular formula is C19H29N5OS. The van der Waals surface area contributed by atoms with Crippen LogP contribution in [0.5, 0.6) is 0 Å². The third-order valence-corrected chi connectivity index (χ3v) is 5.32. The SMILES string of the molecule is CCNC(=NCc1ncc(C(C)(C)C)o1)N1CCN(c2cccs2)CC1. The minimum atomic E-state index is -0.0302. The highest BCUT2D eigenvalue weighted by atomic mass is 32.1. The van der Waals surface area contributed by atoms with E-state index in [1.165, 1.54) is 5.00 Å². The average Bonchev–Trinajstić information content (AvgIpc) is 3.30. The molecule has 3 heterocycles. The molecule has 3 rings (SSSR count). The van der Waals surface area contributed by atoms with Gasteiger partial charge in [0.2, 0.25) is 5.89 Å². The van der Waals surface area contributed by atoms with Crippen LogP contribution in [0.2, 0.25) is 0 Å². The van der Waals surface area contributed by atoms with Gasteiger partial charge in [0.1, 0.15) is 12.3 Å². The molecule has 0 aromatic carbocycles. The summed E-state index contributed by atoms with van der Waals surface area (Å²) in [6.45, 7) is 13.7. The van der Waals surface area contributed by atoms with Crippen LogP contribution < -0.4 is 10.2 Å². The molecule has 1 fully saturated rings. The maximum absolute atomic E-state index is 5.86. The van der Waals surface area contributed by atoms with Crippen LogP contribution in [-0.2, 0) is 12.0 Å². The van der Waals surface area contributed by atoms with Gasteiger partial charge in [-0.3, -0.25) is 0 Å². The Labute approximate surface area is 159 Å². The molecule has 2 aromatic rings. The van der Waals surface area contributed by atoms with Crippen molar-refractivity contribution in [1.29, 1.82) is 0 Å². The Balaban J connectivity index is 1.62. The van der Waals surface area contributed by atoms with Crippen molar-refractivity contribution in [3.8, 4) is 0 Å². The van der Waals surface area contributed by atoms with E-state index in [-0.39, 0.29) is 5.41 Å². The molecule has 0 atom stereocenters. The van der Waals surface area contributed by atoms with Gasteiger partial charge in [-0.25, -0.2) is 9.98 Å². The molecular weight excluding hydrogens is 346 g/mol. The number of hydrogen-bond donors (Lipinski definition) is 1. The summed E-state index contributed by atoms with van der Waals surface area (Å²) >= 11 is 1.80. The van der Waals surface area contributed by atoms with Crippen molar-refractivity contribution in [3.05, 3.63) is 35.4 Å². The van der Waals surface area contributed by atoms with E-state index in [9.17, 15) is 0 Å². The first-order chi connectivity index (χ1) is 12.5. The van der Waals surface area contributed by atoms with E-state index in [1.807, 2.05) is 6.20 Å². The Morgan fingerprint density at radius 1 is 1.31 bits per heavy atom. The number of oxazole rings is 1. The maximum atomic E-state index is 5.86. The lowest BCUT2D eigenvalue weighted by Crippen LogP contribution is -2.52. The smallest absolute Gasteiger partial charge is 0.216 e. The zero-order valence-corrected chi connectivity index (χ0v) is 17.0. The predicted molar refractivity (Wildman–Crippen MR) is 108 cm³/mol. The summed E-state index contributed by atoms with van der Waals surface area (Å²) in [5.41, 5.74) is -0.0302. The lowest BCUT2D eigenvalue weighted by molar-refractivity contribution is 0.367. The molecule has 7 heteroatoms. The largest absolute Gasteiger partial charge is 0.443 e. The Morgan fingerprint density at radius 3 is 2.65 bits per heavy atom. The molecule has 1 N–H and O–H groups in total. The molecule has 0 aliphatic carbocycles. The van der Waals surface area contributed by atoms with Crippen LogP contribution in [0.4, 0.5) is 5.00 Å². The van der Waals surface area contributed by atoms with E-state index in [0.717, 1.165) is 44.4 Å². The van der Waals surface area contributed by atoms with Gasteiger partial charge < -0.3 is 19.5 Å². The number of rotatable bonds is 4. The highest BCUT2D eigenvalue weighted by Crippen LogP contribution is 2.23. The van der Waals surface area contributed by atoms with Crippen LogP contribution in [-0.4, -0.2) is 48.6 Å². The topological polar surface area (TPSA) is 56.9 Å². The van der Waals surface area contributed by atoms with Crippen LogP contribution in [0.15, 0.2) is 33.1 Å². The Bertz CT molecular complexity index is 709. The lowest BCUT2D eigenvalue weighted by Gasteiger charge is -2.37. The van der Waals surface area contributed by atoms with Crippen LogP contribution in [0.3, 0.4) is 0 Å². The Kier molecular flexibility index (Phi) is 5.86. The first-order valence-electron chi connectivity index (χ1n) is 9.24. The fraction of sp³-hybridized carbons (Fsp3) is 0.579. The van der Waals surface area contributed by atoms with Crippen molar-refractivity contribution in [2.45, 2.75) is 39.7 Å². The number of aromatic nitrogens is 1. The Morgan fingerprint density at radius 2 is 2.08 bits per heavy atom. The second kappa shape index (κ2) is 8.12. The standard InChI is InChI=1S/C19H29N5OS/c1-5-20-18(22-14-16-21-13-15(25-16)19(2,3)4)24-10-8-23(9-11-24)17-7-6-12-26-17/h6-7,12-13H,5,8-11,14H2,1-4H3,(H,20,22). The highest BCUT2D eigenvalue weighted by molar-refractivity contribution is 7.14. The number of guanidine groups is 1. The lowest BCUT2D eigenvalue weighted by atomic mass is 9.94. The summed E-state index contributed by atoms with van der Waals surface area (Å²) in [5, 5.41) is 6.88. The van der Waals surface area contributed by atoms with Crippen LogP contribution in [0, 0.1) is 0 Å². The van der Waals surface area contributed by atoms with Crippen LogP contribution >= 0.6 is 11.3 Å². The van der Waals surface area contributed by atoms with Gasteiger partial charge in [0.05, 0.1) is 11.2 Å². The minimum Gasteiger partial charge on any atom is -0.443 e. The quantitative estimate of drug-likeness (QED) is 0.656. The van der Waals surface area contributed by atoms with Crippen molar-refractivity contribution in [2.24, 2.45) is 4.99 Å². The molecule has 2 aromatic heterocycles. The number of hydrogen-bond acceptors (Lipinski definition) is 5. The number of piperazine rings is 1. The summed E-state index contributed by atoms with van der Waals surface area (Å²) in [7, 11) is 0. The number of aliphatic imine (C=N–C) groups is 1. The second-order valence-corrected chi connectivity index (χ2v) is 8.39. The average molecular weight is 376 g/mol. The van der Waals surface area contributed by atoms with Gasteiger partial charge in [0.25, 0.3) is 0 Å². The molecule has 0 radical (unpaired) electrons. The van der Waals surface area contributed by atoms with Crippen molar-refractivity contribution in [2.75, 3.05) is 37.6 Å². The van der Waals surface area contributed by atoms with Crippen molar-refractivity contribution < 1.29 is 4.42 Å².